The summed E-state index contributed by atoms with van der Waals surface area (Å²) in [6.45, 7) is 0.214. The molecule has 1 aliphatic heterocycles. The highest BCUT2D eigenvalue weighted by molar-refractivity contribution is 7.91. The molecule has 4 atom stereocenters. The maximum atomic E-state index is 13.7. The van der Waals surface area contributed by atoms with E-state index >= 15 is 0 Å². The minimum Gasteiger partial charge on any atom is -0.406 e. The van der Waals surface area contributed by atoms with Crippen LogP contribution >= 0.6 is 23.2 Å². The van der Waals surface area contributed by atoms with Gasteiger partial charge in [0.05, 0.1) is 36.3 Å². The van der Waals surface area contributed by atoms with Crippen LogP contribution in [0, 0.1) is 0 Å². The van der Waals surface area contributed by atoms with E-state index < -0.39 is 40.2 Å². The van der Waals surface area contributed by atoms with Gasteiger partial charge in [-0.3, -0.25) is 0 Å². The lowest BCUT2D eigenvalue weighted by atomic mass is 10.0. The van der Waals surface area contributed by atoms with Gasteiger partial charge in [-0.05, 0) is 60.7 Å². The molecule has 0 saturated carbocycles. The molecule has 3 aromatic carbocycles. The van der Waals surface area contributed by atoms with Gasteiger partial charge in [0, 0.05) is 38.9 Å². The van der Waals surface area contributed by atoms with Crippen LogP contribution in [0.1, 0.15) is 6.04 Å². The summed E-state index contributed by atoms with van der Waals surface area (Å²) in [7, 11) is -2.01. The van der Waals surface area contributed by atoms with E-state index in [0.29, 0.717) is 10.0 Å². The molecule has 1 aromatic heterocycles. The molecule has 202 valence electrons. The van der Waals surface area contributed by atoms with E-state index in [0.717, 1.165) is 33.9 Å². The summed E-state index contributed by atoms with van der Waals surface area (Å²) in [5.41, 5.74) is 1.61. The molecule has 38 heavy (non-hydrogen) atoms. The minimum absolute atomic E-state index is 0.0359. The maximum Gasteiger partial charge on any atom is 0.573 e. The number of benzene rings is 3. The molecule has 13 heteroatoms. The van der Waals surface area contributed by atoms with Gasteiger partial charge in [0.15, 0.2) is 0 Å². The highest BCUT2D eigenvalue weighted by Gasteiger charge is 2.37. The average Bonchev–Trinajstić information content (AvgIpc) is 3.17. The number of aromatic nitrogens is 1. The molecule has 1 saturated heterocycles. The van der Waals surface area contributed by atoms with Crippen molar-refractivity contribution >= 4 is 54.9 Å². The molecule has 2 heterocycles. The predicted octanol–water partition coefficient (Wildman–Crippen LogP) is 5.96. The molecular formula is C25H22Cl2F3N3O4S. The highest BCUT2D eigenvalue weighted by atomic mass is 35.5. The number of hydrogen-bond acceptors (Lipinski definition) is 5. The average molecular weight is 588 g/mol. The first-order valence-electron chi connectivity index (χ1n) is 11.4. The van der Waals surface area contributed by atoms with Crippen molar-refractivity contribution in [1.29, 1.82) is 0 Å². The van der Waals surface area contributed by atoms with Crippen molar-refractivity contribution in [2.24, 2.45) is 4.36 Å². The number of alkyl halides is 3. The van der Waals surface area contributed by atoms with E-state index in [-0.39, 0.29) is 18.1 Å². The van der Waals surface area contributed by atoms with E-state index in [1.807, 2.05) is 28.8 Å². The molecule has 7 nitrogen and oxygen atoms in total. The van der Waals surface area contributed by atoms with Crippen molar-refractivity contribution in [2.45, 2.75) is 29.4 Å². The second-order valence-corrected chi connectivity index (χ2v) is 11.7. The van der Waals surface area contributed by atoms with Crippen LogP contribution in [-0.4, -0.2) is 52.7 Å². The number of fused-ring (bicyclic) bond motifs is 3. The summed E-state index contributed by atoms with van der Waals surface area (Å²) in [6.07, 6.45) is -5.91. The standard InChI is InChI=1S/C25H22Cl2F3N3O4S/c1-31-38(35,17-6-4-16(5-7-17)37-25(28,29)30)32-20-12-36-13-23(24(20)34)33-21-8-2-14(26)10-18(21)19-11-15(27)3-9-22(19)33/h2-11,20,23-24,34H,12-13H2,1H3,(H,31,32,35)/t20-,23-,24+,38?/m0/s1. The van der Waals surface area contributed by atoms with E-state index in [9.17, 15) is 22.5 Å². The Hall–Kier alpha value is -2.54. The smallest absolute Gasteiger partial charge is 0.406 e. The summed E-state index contributed by atoms with van der Waals surface area (Å²) in [4.78, 5) is 0.130. The molecule has 0 spiro atoms. The third-order valence-electron chi connectivity index (χ3n) is 6.40. The normalized spacial score (nSPS) is 21.9. The maximum absolute atomic E-state index is 13.7. The van der Waals surface area contributed by atoms with E-state index in [4.69, 9.17) is 27.9 Å². The van der Waals surface area contributed by atoms with Gasteiger partial charge in [-0.2, -0.15) is 0 Å². The second kappa shape index (κ2) is 10.2. The Bertz CT molecular complexity index is 1560. The fourth-order valence-electron chi connectivity index (χ4n) is 4.72. The van der Waals surface area contributed by atoms with Gasteiger partial charge in [-0.15, -0.1) is 13.2 Å². The highest BCUT2D eigenvalue weighted by Crippen LogP contribution is 2.37. The van der Waals surface area contributed by atoms with Gasteiger partial charge in [0.2, 0.25) is 0 Å². The molecule has 1 unspecified atom stereocenters. The zero-order chi connectivity index (χ0) is 27.2. The molecular weight excluding hydrogens is 566 g/mol. The minimum atomic E-state index is -4.85. The van der Waals surface area contributed by atoms with Crippen molar-refractivity contribution in [3.05, 3.63) is 70.7 Å². The molecule has 0 aliphatic carbocycles. The Labute approximate surface area is 226 Å². The Morgan fingerprint density at radius 3 is 2.13 bits per heavy atom. The van der Waals surface area contributed by atoms with Gasteiger partial charge >= 0.3 is 6.36 Å². The Kier molecular flexibility index (Phi) is 7.27. The van der Waals surface area contributed by atoms with Gasteiger partial charge in [0.25, 0.3) is 0 Å². The Balaban J connectivity index is 1.48. The Morgan fingerprint density at radius 2 is 1.61 bits per heavy atom. The molecule has 0 radical (unpaired) electrons. The van der Waals surface area contributed by atoms with Gasteiger partial charge < -0.3 is 19.1 Å². The van der Waals surface area contributed by atoms with E-state index in [1.54, 1.807) is 12.1 Å². The fourth-order valence-corrected chi connectivity index (χ4v) is 6.64. The van der Waals surface area contributed by atoms with Gasteiger partial charge in [-0.25, -0.2) is 13.3 Å². The van der Waals surface area contributed by atoms with Crippen molar-refractivity contribution < 1.29 is 32.0 Å². The molecule has 4 aromatic rings. The van der Waals surface area contributed by atoms with Gasteiger partial charge in [0.1, 0.15) is 15.7 Å². The lowest BCUT2D eigenvalue weighted by Gasteiger charge is -2.37. The number of ether oxygens (including phenoxy) is 2. The summed E-state index contributed by atoms with van der Waals surface area (Å²) in [5.74, 6) is -0.452. The largest absolute Gasteiger partial charge is 0.573 e. The topological polar surface area (TPSA) is 85.1 Å². The summed E-state index contributed by atoms with van der Waals surface area (Å²) >= 11 is 12.5. The number of aliphatic hydroxyl groups excluding tert-OH is 1. The number of nitrogens with zero attached hydrogens (tertiary/aromatic N) is 2. The van der Waals surface area contributed by atoms with Crippen molar-refractivity contribution in [2.75, 3.05) is 20.3 Å². The fraction of sp³-hybridized carbons (Fsp3) is 0.280. The van der Waals surface area contributed by atoms with Crippen molar-refractivity contribution in [1.82, 2.24) is 9.29 Å². The third-order valence-corrected chi connectivity index (χ3v) is 8.91. The first-order valence-corrected chi connectivity index (χ1v) is 13.7. The molecule has 1 fully saturated rings. The summed E-state index contributed by atoms with van der Waals surface area (Å²) < 4.78 is 69.8. The van der Waals surface area contributed by atoms with Gasteiger partial charge in [-0.1, -0.05) is 23.2 Å². The second-order valence-electron chi connectivity index (χ2n) is 8.74. The zero-order valence-electron chi connectivity index (χ0n) is 19.8. The zero-order valence-corrected chi connectivity index (χ0v) is 22.1. The predicted molar refractivity (Wildman–Crippen MR) is 140 cm³/mol. The summed E-state index contributed by atoms with van der Waals surface area (Å²) in [6, 6.07) is 14.0. The van der Waals surface area contributed by atoms with Crippen LogP contribution in [-0.2, 0) is 14.7 Å². The lowest BCUT2D eigenvalue weighted by molar-refractivity contribution is -0.274. The Morgan fingerprint density at radius 1 is 1.03 bits per heavy atom. The van der Waals surface area contributed by atoms with Crippen LogP contribution in [0.25, 0.3) is 21.8 Å². The van der Waals surface area contributed by atoms with Crippen LogP contribution < -0.4 is 9.46 Å². The molecule has 1 aliphatic rings. The van der Waals surface area contributed by atoms with Crippen LogP contribution in [0.15, 0.2) is 69.9 Å². The van der Waals surface area contributed by atoms with Crippen molar-refractivity contribution in [3.63, 3.8) is 0 Å². The SMILES string of the molecule is CN=S(=O)(N[C@H]1COC[C@H](n2c3ccc(Cl)cc3c3cc(Cl)ccc32)[C@@H]1O)c1ccc(OC(F)(F)F)cc1. The van der Waals surface area contributed by atoms with E-state index in [1.165, 1.54) is 19.2 Å². The van der Waals surface area contributed by atoms with Crippen LogP contribution in [0.4, 0.5) is 13.2 Å². The monoisotopic (exact) mass is 587 g/mol. The molecule has 0 amide bonds. The van der Waals surface area contributed by atoms with Crippen LogP contribution in [0.2, 0.25) is 10.0 Å². The first kappa shape index (κ1) is 27.0. The van der Waals surface area contributed by atoms with Crippen molar-refractivity contribution in [3.8, 4) is 5.75 Å². The van der Waals surface area contributed by atoms with Crippen LogP contribution in [0.5, 0.6) is 5.75 Å². The lowest BCUT2D eigenvalue weighted by Crippen LogP contribution is -2.53. The first-order chi connectivity index (χ1) is 18.0. The molecule has 5 rings (SSSR count). The number of halogens is 5. The van der Waals surface area contributed by atoms with E-state index in [2.05, 4.69) is 13.8 Å². The third kappa shape index (κ3) is 5.18. The molecule has 2 N–H and O–H groups in total. The number of nitrogens with one attached hydrogen (secondary N) is 1. The number of rotatable bonds is 5. The number of aliphatic hydroxyl groups is 1. The molecule has 0 bridgehead atoms. The summed E-state index contributed by atoms with van der Waals surface area (Å²) in [5, 5.41) is 14.3. The van der Waals surface area contributed by atoms with Crippen LogP contribution in [0.3, 0.4) is 0 Å². The quantitative estimate of drug-likeness (QED) is 0.301. The number of hydrogen-bond donors (Lipinski definition) is 2.